The molecule has 2 heteroatoms. The van der Waals surface area contributed by atoms with E-state index in [4.69, 9.17) is 0 Å². The normalized spacial score (nSPS) is 17.8. The quantitative estimate of drug-likeness (QED) is 0.206. The van der Waals surface area contributed by atoms with Crippen molar-refractivity contribution in [1.29, 1.82) is 0 Å². The summed E-state index contributed by atoms with van der Waals surface area (Å²) in [6, 6.07) is 41.4. The molecule has 0 atom stereocenters. The first-order chi connectivity index (χ1) is 17.2. The largest absolute Gasteiger partial charge is 1.00 e. The Hall–Kier alpha value is -1.96. The van der Waals surface area contributed by atoms with Crippen molar-refractivity contribution in [1.82, 2.24) is 0 Å². The smallest absolute Gasteiger partial charge is 0.109 e. The van der Waals surface area contributed by atoms with E-state index in [0.29, 0.717) is 11.8 Å². The van der Waals surface area contributed by atoms with Crippen LogP contribution in [0.15, 0.2) is 109 Å². The second-order valence-corrected chi connectivity index (χ2v) is 13.8. The van der Waals surface area contributed by atoms with Crippen molar-refractivity contribution >= 4 is 23.2 Å². The van der Waals surface area contributed by atoms with Crippen LogP contribution < -0.4 is 39.9 Å². The third kappa shape index (κ3) is 5.63. The van der Waals surface area contributed by atoms with Gasteiger partial charge in [0.25, 0.3) is 0 Å². The van der Waals surface area contributed by atoms with Crippen molar-refractivity contribution < 1.29 is 24.0 Å². The molecule has 1 fully saturated rings. The average molecular weight is 605 g/mol. The van der Waals surface area contributed by atoms with Crippen LogP contribution in [0.5, 0.6) is 0 Å². The number of aryl methyl sites for hydroxylation is 1. The zero-order valence-corrected chi connectivity index (χ0v) is 24.7. The Balaban J connectivity index is 0.00000304. The number of rotatable bonds is 7. The molecule has 0 saturated heterocycles. The molecule has 0 unspecified atom stereocenters. The molecule has 0 heterocycles. The van der Waals surface area contributed by atoms with E-state index in [1.807, 2.05) is 0 Å². The Morgan fingerprint density at radius 2 is 1.11 bits per heavy atom. The Labute approximate surface area is 235 Å². The third-order valence-electron chi connectivity index (χ3n) is 8.12. The lowest BCUT2D eigenvalue weighted by molar-refractivity contribution is -0.00000699. The molecule has 4 aromatic carbocycles. The van der Waals surface area contributed by atoms with Crippen LogP contribution in [0.1, 0.15) is 67.6 Å². The zero-order chi connectivity index (χ0) is 24.1. The van der Waals surface area contributed by atoms with Crippen molar-refractivity contribution in [2.24, 2.45) is 0 Å². The van der Waals surface area contributed by atoms with E-state index in [-0.39, 0.29) is 24.0 Å². The van der Waals surface area contributed by atoms with Crippen molar-refractivity contribution in [3.8, 4) is 0 Å². The monoisotopic (exact) mass is 604 g/mol. The molecule has 0 spiro atoms. The molecule has 5 rings (SSSR count). The fraction of sp³-hybridized carbons (Fsp3) is 0.294. The summed E-state index contributed by atoms with van der Waals surface area (Å²) in [5, 5.41) is 4.52. The van der Waals surface area contributed by atoms with E-state index in [2.05, 4.69) is 123 Å². The summed E-state index contributed by atoms with van der Waals surface area (Å²) in [7, 11) is -1.72. The van der Waals surface area contributed by atoms with Gasteiger partial charge in [-0.1, -0.05) is 92.2 Å². The molecular formula is C34H38IP. The second kappa shape index (κ2) is 12.5. The van der Waals surface area contributed by atoms with Crippen LogP contribution in [0.2, 0.25) is 0 Å². The standard InChI is InChI=1S/C34H38P.HI/c1-3-12-27-19-21-28(22-20-27)29-23-25-30(26-24-29)33-17-10-11-18-34(33)35(2,31-13-6-4-7-14-31)32-15-8-5-9-16-32;/h4-11,13-22,29-30H,3,12,23-26H2,1-2H3;1H/q+1;/p-1/t29-,30-;. The molecule has 1 aliphatic rings. The van der Waals surface area contributed by atoms with E-state index in [0.717, 1.165) is 0 Å². The molecule has 0 nitrogen and oxygen atoms in total. The lowest BCUT2D eigenvalue weighted by atomic mass is 9.76. The van der Waals surface area contributed by atoms with Crippen LogP contribution in [0, 0.1) is 0 Å². The first-order valence-electron chi connectivity index (χ1n) is 13.4. The fourth-order valence-corrected chi connectivity index (χ4v) is 9.65. The van der Waals surface area contributed by atoms with Crippen LogP contribution in [-0.4, -0.2) is 6.66 Å². The van der Waals surface area contributed by atoms with Crippen LogP contribution in [0.3, 0.4) is 0 Å². The predicted molar refractivity (Wildman–Crippen MR) is 155 cm³/mol. The van der Waals surface area contributed by atoms with E-state index >= 15 is 0 Å². The first kappa shape index (κ1) is 27.1. The van der Waals surface area contributed by atoms with Gasteiger partial charge in [-0.3, -0.25) is 0 Å². The minimum absolute atomic E-state index is 0. The van der Waals surface area contributed by atoms with E-state index in [1.54, 1.807) is 16.4 Å². The molecule has 0 aromatic heterocycles. The maximum Gasteiger partial charge on any atom is 0.109 e. The summed E-state index contributed by atoms with van der Waals surface area (Å²) in [6.45, 7) is 4.79. The average Bonchev–Trinajstić information content (AvgIpc) is 2.94. The first-order valence-corrected chi connectivity index (χ1v) is 15.6. The van der Waals surface area contributed by atoms with Gasteiger partial charge < -0.3 is 24.0 Å². The molecule has 0 amide bonds. The SMILES string of the molecule is CCCc1ccc([C@H]2CC[C@H](c3ccccc3[P+](C)(c3ccccc3)c3ccccc3)CC2)cc1.[I-]. The van der Waals surface area contributed by atoms with Gasteiger partial charge in [0, 0.05) is 0 Å². The number of hydrogen-bond acceptors (Lipinski definition) is 0. The minimum Gasteiger partial charge on any atom is -1.00 e. The topological polar surface area (TPSA) is 0 Å². The van der Waals surface area contributed by atoms with E-state index < -0.39 is 7.26 Å². The molecule has 4 aromatic rings. The van der Waals surface area contributed by atoms with Gasteiger partial charge in [0.05, 0.1) is 6.66 Å². The summed E-state index contributed by atoms with van der Waals surface area (Å²) >= 11 is 0. The number of hydrogen-bond donors (Lipinski definition) is 0. The Bertz CT molecular complexity index is 1170. The summed E-state index contributed by atoms with van der Waals surface area (Å²) in [4.78, 5) is 0. The predicted octanol–water partition coefficient (Wildman–Crippen LogP) is 5.01. The van der Waals surface area contributed by atoms with E-state index in [9.17, 15) is 0 Å². The summed E-state index contributed by atoms with van der Waals surface area (Å²) in [6.07, 6.45) is 7.55. The summed E-state index contributed by atoms with van der Waals surface area (Å²) in [5.41, 5.74) is 4.61. The van der Waals surface area contributed by atoms with Crippen molar-refractivity contribution in [3.05, 3.63) is 126 Å². The van der Waals surface area contributed by atoms with Gasteiger partial charge in [-0.15, -0.1) is 0 Å². The highest BCUT2D eigenvalue weighted by Gasteiger charge is 2.43. The maximum atomic E-state index is 2.53. The van der Waals surface area contributed by atoms with Crippen LogP contribution in [0.4, 0.5) is 0 Å². The second-order valence-electron chi connectivity index (χ2n) is 10.3. The minimum atomic E-state index is -1.72. The molecule has 0 radical (unpaired) electrons. The molecule has 1 saturated carbocycles. The van der Waals surface area contributed by atoms with Gasteiger partial charge >= 0.3 is 0 Å². The third-order valence-corrected chi connectivity index (χ3v) is 12.2. The highest BCUT2D eigenvalue weighted by molar-refractivity contribution is 7.95. The van der Waals surface area contributed by atoms with Crippen molar-refractivity contribution in [3.63, 3.8) is 0 Å². The van der Waals surface area contributed by atoms with Crippen molar-refractivity contribution in [2.75, 3.05) is 6.66 Å². The highest BCUT2D eigenvalue weighted by atomic mass is 127. The summed E-state index contributed by atoms with van der Waals surface area (Å²) < 4.78 is 0. The molecule has 36 heavy (non-hydrogen) atoms. The van der Waals surface area contributed by atoms with Gasteiger partial charge in [-0.05, 0) is 91.0 Å². The van der Waals surface area contributed by atoms with Gasteiger partial charge in [0.1, 0.15) is 23.2 Å². The molecule has 1 aliphatic carbocycles. The molecule has 0 aliphatic heterocycles. The van der Waals surface area contributed by atoms with Crippen LogP contribution in [-0.2, 0) is 6.42 Å². The number of halogens is 1. The molecule has 186 valence electrons. The molecular weight excluding hydrogens is 566 g/mol. The zero-order valence-electron chi connectivity index (χ0n) is 21.6. The lowest BCUT2D eigenvalue weighted by Gasteiger charge is -2.32. The molecule has 0 N–H and O–H groups in total. The van der Waals surface area contributed by atoms with Gasteiger partial charge in [-0.25, -0.2) is 0 Å². The Kier molecular flexibility index (Phi) is 9.42. The summed E-state index contributed by atoms with van der Waals surface area (Å²) in [5.74, 6) is 1.35. The van der Waals surface area contributed by atoms with Gasteiger partial charge in [-0.2, -0.15) is 0 Å². The number of benzene rings is 4. The lowest BCUT2D eigenvalue weighted by Crippen LogP contribution is -3.00. The molecule has 0 bridgehead atoms. The highest BCUT2D eigenvalue weighted by Crippen LogP contribution is 2.54. The Morgan fingerprint density at radius 1 is 0.611 bits per heavy atom. The van der Waals surface area contributed by atoms with Gasteiger partial charge in [0.15, 0.2) is 0 Å². The van der Waals surface area contributed by atoms with E-state index in [1.165, 1.54) is 54.7 Å². The van der Waals surface area contributed by atoms with Gasteiger partial charge in [0.2, 0.25) is 0 Å². The maximum absolute atomic E-state index is 2.53. The van der Waals surface area contributed by atoms with Crippen LogP contribution >= 0.6 is 7.26 Å². The fourth-order valence-electron chi connectivity index (χ4n) is 6.10. The van der Waals surface area contributed by atoms with Crippen molar-refractivity contribution in [2.45, 2.75) is 57.3 Å². The Morgan fingerprint density at radius 3 is 1.67 bits per heavy atom. The van der Waals surface area contributed by atoms with Crippen LogP contribution in [0.25, 0.3) is 0 Å².